The standard InChI is InChI=1S/C9H18.C2H6.C2H4/c1-6-8(2)7-9(3,4)5;2*1-2/h7H,6H2,1-5H3;1-2H3;1-2H2/b8-7+;;. The summed E-state index contributed by atoms with van der Waals surface area (Å²) in [5.74, 6) is 0. The van der Waals surface area contributed by atoms with E-state index in [1.807, 2.05) is 13.8 Å². The zero-order valence-corrected chi connectivity index (χ0v) is 10.7. The highest BCUT2D eigenvalue weighted by Crippen LogP contribution is 2.18. The number of rotatable bonds is 1. The average molecular weight is 184 g/mol. The molecule has 0 heterocycles. The minimum Gasteiger partial charge on any atom is -0.106 e. The van der Waals surface area contributed by atoms with Gasteiger partial charge in [0.2, 0.25) is 0 Å². The Labute approximate surface area is 85.8 Å². The molecule has 0 spiro atoms. The molecule has 80 valence electrons. The lowest BCUT2D eigenvalue weighted by Gasteiger charge is -2.13. The fourth-order valence-electron chi connectivity index (χ4n) is 0.841. The summed E-state index contributed by atoms with van der Waals surface area (Å²) in [7, 11) is 0. The van der Waals surface area contributed by atoms with Crippen molar-refractivity contribution in [2.24, 2.45) is 5.41 Å². The molecule has 0 heteroatoms. The lowest BCUT2D eigenvalue weighted by molar-refractivity contribution is 0.538. The van der Waals surface area contributed by atoms with Crippen LogP contribution >= 0.6 is 0 Å². The monoisotopic (exact) mass is 184 g/mol. The Morgan fingerprint density at radius 3 is 1.54 bits per heavy atom. The highest BCUT2D eigenvalue weighted by Gasteiger charge is 2.04. The van der Waals surface area contributed by atoms with Crippen LogP contribution in [-0.2, 0) is 0 Å². The molecule has 0 aliphatic heterocycles. The lowest BCUT2D eigenvalue weighted by Crippen LogP contribution is -1.99. The molecule has 0 amide bonds. The van der Waals surface area contributed by atoms with Gasteiger partial charge in [0, 0.05) is 0 Å². The highest BCUT2D eigenvalue weighted by atomic mass is 14.1. The van der Waals surface area contributed by atoms with E-state index < -0.39 is 0 Å². The molecule has 0 aromatic heterocycles. The van der Waals surface area contributed by atoms with Crippen molar-refractivity contribution in [3.63, 3.8) is 0 Å². The summed E-state index contributed by atoms with van der Waals surface area (Å²) >= 11 is 0. The van der Waals surface area contributed by atoms with E-state index in [0.29, 0.717) is 5.41 Å². The molecular formula is C13H28. The Bertz CT molecular complexity index is 112. The largest absolute Gasteiger partial charge is 0.106 e. The van der Waals surface area contributed by atoms with Crippen LogP contribution in [0.4, 0.5) is 0 Å². The molecule has 0 unspecified atom stereocenters. The van der Waals surface area contributed by atoms with Crippen LogP contribution in [-0.4, -0.2) is 0 Å². The van der Waals surface area contributed by atoms with Crippen molar-refractivity contribution >= 4 is 0 Å². The summed E-state index contributed by atoms with van der Waals surface area (Å²) in [6.45, 7) is 21.1. The molecule has 0 nitrogen and oxygen atoms in total. The molecule has 0 aliphatic carbocycles. The normalized spacial score (nSPS) is 10.5. The summed E-state index contributed by atoms with van der Waals surface area (Å²) in [6.07, 6.45) is 3.50. The molecule has 0 radical (unpaired) electrons. The van der Waals surface area contributed by atoms with Gasteiger partial charge in [-0.2, -0.15) is 0 Å². The first-order chi connectivity index (χ1) is 5.95. The third-order valence-electron chi connectivity index (χ3n) is 1.24. The zero-order chi connectivity index (χ0) is 11.5. The van der Waals surface area contributed by atoms with Gasteiger partial charge in [-0.25, -0.2) is 0 Å². The molecule has 0 saturated heterocycles. The molecular weight excluding hydrogens is 156 g/mol. The minimum atomic E-state index is 0.361. The summed E-state index contributed by atoms with van der Waals surface area (Å²) in [5, 5.41) is 0. The average Bonchev–Trinajstić information content (AvgIpc) is 2.09. The summed E-state index contributed by atoms with van der Waals surface area (Å²) < 4.78 is 0. The van der Waals surface area contributed by atoms with Crippen LogP contribution in [0.5, 0.6) is 0 Å². The Hall–Kier alpha value is -0.520. The van der Waals surface area contributed by atoms with Crippen LogP contribution in [0.3, 0.4) is 0 Å². The third-order valence-corrected chi connectivity index (χ3v) is 1.24. The first-order valence-corrected chi connectivity index (χ1v) is 5.14. The Kier molecular flexibility index (Phi) is 16.2. The fourth-order valence-corrected chi connectivity index (χ4v) is 0.841. The van der Waals surface area contributed by atoms with Crippen molar-refractivity contribution in [2.45, 2.75) is 54.9 Å². The minimum absolute atomic E-state index is 0.361. The van der Waals surface area contributed by atoms with E-state index >= 15 is 0 Å². The number of allylic oxidation sites excluding steroid dienone is 2. The van der Waals surface area contributed by atoms with Gasteiger partial charge in [0.25, 0.3) is 0 Å². The molecule has 13 heavy (non-hydrogen) atoms. The Morgan fingerprint density at radius 1 is 1.15 bits per heavy atom. The second-order valence-electron chi connectivity index (χ2n) is 3.71. The van der Waals surface area contributed by atoms with Gasteiger partial charge in [-0.05, 0) is 18.8 Å². The van der Waals surface area contributed by atoms with E-state index in [1.165, 1.54) is 12.0 Å². The third kappa shape index (κ3) is 24.6. The van der Waals surface area contributed by atoms with Gasteiger partial charge in [0.05, 0.1) is 0 Å². The first-order valence-electron chi connectivity index (χ1n) is 5.14. The van der Waals surface area contributed by atoms with Crippen molar-refractivity contribution in [3.8, 4) is 0 Å². The Balaban J connectivity index is -0.000000218. The van der Waals surface area contributed by atoms with E-state index in [1.54, 1.807) is 0 Å². The summed E-state index contributed by atoms with van der Waals surface area (Å²) in [4.78, 5) is 0. The van der Waals surface area contributed by atoms with Gasteiger partial charge in [-0.3, -0.25) is 0 Å². The topological polar surface area (TPSA) is 0 Å². The van der Waals surface area contributed by atoms with Crippen molar-refractivity contribution in [3.05, 3.63) is 24.8 Å². The lowest BCUT2D eigenvalue weighted by atomic mass is 9.93. The SMILES string of the molecule is C=C.CC.CC/C(C)=C/C(C)(C)C. The van der Waals surface area contributed by atoms with Crippen LogP contribution in [0.1, 0.15) is 54.9 Å². The highest BCUT2D eigenvalue weighted by molar-refractivity contribution is 5.02. The molecule has 0 rings (SSSR count). The van der Waals surface area contributed by atoms with E-state index in [2.05, 4.69) is 53.9 Å². The van der Waals surface area contributed by atoms with E-state index in [4.69, 9.17) is 0 Å². The molecule has 0 aromatic carbocycles. The predicted octanol–water partition coefficient (Wildman–Crippen LogP) is 5.22. The smallest absolute Gasteiger partial charge is 0.0201 e. The predicted molar refractivity (Wildman–Crippen MR) is 66.1 cm³/mol. The molecule has 0 N–H and O–H groups in total. The molecule has 0 saturated carbocycles. The number of hydrogen-bond donors (Lipinski definition) is 0. The van der Waals surface area contributed by atoms with E-state index in [0.717, 1.165) is 0 Å². The quantitative estimate of drug-likeness (QED) is 0.490. The molecule has 0 atom stereocenters. The van der Waals surface area contributed by atoms with Crippen molar-refractivity contribution in [1.82, 2.24) is 0 Å². The molecule has 0 aromatic rings. The second kappa shape index (κ2) is 11.5. The summed E-state index contributed by atoms with van der Waals surface area (Å²) in [6, 6.07) is 0. The number of hydrogen-bond acceptors (Lipinski definition) is 0. The Morgan fingerprint density at radius 2 is 1.46 bits per heavy atom. The second-order valence-corrected chi connectivity index (χ2v) is 3.71. The van der Waals surface area contributed by atoms with Crippen LogP contribution in [0, 0.1) is 5.41 Å². The van der Waals surface area contributed by atoms with Gasteiger partial charge in [-0.15, -0.1) is 13.2 Å². The van der Waals surface area contributed by atoms with Crippen LogP contribution in [0.2, 0.25) is 0 Å². The van der Waals surface area contributed by atoms with Crippen molar-refractivity contribution < 1.29 is 0 Å². The van der Waals surface area contributed by atoms with Crippen molar-refractivity contribution in [1.29, 1.82) is 0 Å². The summed E-state index contributed by atoms with van der Waals surface area (Å²) in [5.41, 5.74) is 1.85. The maximum atomic E-state index is 3.00. The fraction of sp³-hybridized carbons (Fsp3) is 0.692. The van der Waals surface area contributed by atoms with Crippen LogP contribution in [0.15, 0.2) is 24.8 Å². The van der Waals surface area contributed by atoms with E-state index in [9.17, 15) is 0 Å². The van der Waals surface area contributed by atoms with Gasteiger partial charge in [0.15, 0.2) is 0 Å². The maximum absolute atomic E-state index is 3.00. The van der Waals surface area contributed by atoms with E-state index in [-0.39, 0.29) is 0 Å². The van der Waals surface area contributed by atoms with Gasteiger partial charge >= 0.3 is 0 Å². The van der Waals surface area contributed by atoms with Gasteiger partial charge in [-0.1, -0.05) is 53.2 Å². The molecule has 0 fully saturated rings. The van der Waals surface area contributed by atoms with Crippen LogP contribution in [0.25, 0.3) is 0 Å². The van der Waals surface area contributed by atoms with Gasteiger partial charge < -0.3 is 0 Å². The first kappa shape index (κ1) is 18.3. The van der Waals surface area contributed by atoms with Gasteiger partial charge in [0.1, 0.15) is 0 Å². The molecule has 0 aliphatic rings. The zero-order valence-electron chi connectivity index (χ0n) is 10.7. The maximum Gasteiger partial charge on any atom is -0.0201 e. The van der Waals surface area contributed by atoms with Crippen LogP contribution < -0.4 is 0 Å². The van der Waals surface area contributed by atoms with Crippen molar-refractivity contribution in [2.75, 3.05) is 0 Å². The molecule has 0 bridgehead atoms.